The summed E-state index contributed by atoms with van der Waals surface area (Å²) in [6.45, 7) is 4.53. The minimum Gasteiger partial charge on any atom is -0.507 e. The smallest absolute Gasteiger partial charge is 0.301 e. The standard InChI is InChI=1S/C30H25Cl2N3O4S2/c1-3-14-39-22-12-9-19(10-13-22)26(36)24-25(18-6-4-17(2)5-7-18)35(28(38)27(24)37)29-33-34-30(41-29)40-16-20-8-11-21(31)15-23(20)32/h4-13,15,25,36H,3,14,16H2,1-2H3/b26-24-. The summed E-state index contributed by atoms with van der Waals surface area (Å²) >= 11 is 14.9. The number of aliphatic hydroxyl groups is 1. The van der Waals surface area contributed by atoms with Crippen molar-refractivity contribution in [2.45, 2.75) is 36.4 Å². The summed E-state index contributed by atoms with van der Waals surface area (Å²) in [5.74, 6) is -0.680. The molecule has 7 nitrogen and oxygen atoms in total. The molecular weight excluding hydrogens is 601 g/mol. The second-order valence-electron chi connectivity index (χ2n) is 9.33. The van der Waals surface area contributed by atoms with E-state index in [0.29, 0.717) is 43.6 Å². The van der Waals surface area contributed by atoms with Crippen LogP contribution in [0, 0.1) is 6.92 Å². The molecule has 1 aromatic heterocycles. The van der Waals surface area contributed by atoms with E-state index in [2.05, 4.69) is 10.2 Å². The second-order valence-corrected chi connectivity index (χ2v) is 12.3. The molecule has 0 spiro atoms. The van der Waals surface area contributed by atoms with Gasteiger partial charge in [0.2, 0.25) is 5.13 Å². The number of nitrogens with zero attached hydrogens (tertiary/aromatic N) is 3. The van der Waals surface area contributed by atoms with Crippen LogP contribution in [-0.4, -0.2) is 33.6 Å². The van der Waals surface area contributed by atoms with E-state index in [1.165, 1.54) is 28.0 Å². The molecule has 5 rings (SSSR count). The first-order valence-corrected chi connectivity index (χ1v) is 15.3. The topological polar surface area (TPSA) is 92.6 Å². The van der Waals surface area contributed by atoms with Gasteiger partial charge in [-0.15, -0.1) is 10.2 Å². The number of aliphatic hydroxyl groups excluding tert-OH is 1. The second kappa shape index (κ2) is 12.7. The molecule has 41 heavy (non-hydrogen) atoms. The number of aryl methyl sites for hydroxylation is 1. The number of amides is 1. The Hall–Kier alpha value is -3.37. The van der Waals surface area contributed by atoms with Crippen LogP contribution in [0.4, 0.5) is 5.13 Å². The monoisotopic (exact) mass is 625 g/mol. The Morgan fingerprint density at radius 2 is 1.78 bits per heavy atom. The van der Waals surface area contributed by atoms with Crippen molar-refractivity contribution in [1.29, 1.82) is 0 Å². The lowest BCUT2D eigenvalue weighted by molar-refractivity contribution is -0.132. The number of aromatic nitrogens is 2. The van der Waals surface area contributed by atoms with Crippen molar-refractivity contribution in [3.05, 3.63) is 105 Å². The van der Waals surface area contributed by atoms with E-state index >= 15 is 0 Å². The summed E-state index contributed by atoms with van der Waals surface area (Å²) < 4.78 is 6.23. The average molecular weight is 627 g/mol. The van der Waals surface area contributed by atoms with E-state index in [9.17, 15) is 14.7 Å². The lowest BCUT2D eigenvalue weighted by atomic mass is 9.95. The first-order chi connectivity index (χ1) is 19.8. The van der Waals surface area contributed by atoms with Gasteiger partial charge in [0.1, 0.15) is 11.5 Å². The first kappa shape index (κ1) is 29.1. The third-order valence-corrected chi connectivity index (χ3v) is 9.10. The molecule has 1 amide bonds. The molecule has 0 radical (unpaired) electrons. The molecule has 1 N–H and O–H groups in total. The fraction of sp³-hybridized carbons (Fsp3) is 0.200. The van der Waals surface area contributed by atoms with Crippen LogP contribution in [-0.2, 0) is 15.3 Å². The largest absolute Gasteiger partial charge is 0.507 e. The SMILES string of the molecule is CCCOc1ccc(/C(O)=C2/C(=O)C(=O)N(c3nnc(SCc4ccc(Cl)cc4Cl)s3)C2c2ccc(C)cc2)cc1. The molecule has 210 valence electrons. The number of benzene rings is 3. The third-order valence-electron chi connectivity index (χ3n) is 6.41. The molecule has 4 aromatic rings. The van der Waals surface area contributed by atoms with Crippen molar-refractivity contribution in [1.82, 2.24) is 10.2 Å². The van der Waals surface area contributed by atoms with Gasteiger partial charge in [0.25, 0.3) is 5.78 Å². The quantitative estimate of drug-likeness (QED) is 0.0665. The lowest BCUT2D eigenvalue weighted by Gasteiger charge is -2.22. The number of carbonyl (C=O) groups excluding carboxylic acids is 2. The predicted molar refractivity (Wildman–Crippen MR) is 164 cm³/mol. The summed E-state index contributed by atoms with van der Waals surface area (Å²) in [7, 11) is 0. The highest BCUT2D eigenvalue weighted by Crippen LogP contribution is 2.44. The van der Waals surface area contributed by atoms with Crippen molar-refractivity contribution < 1.29 is 19.4 Å². The van der Waals surface area contributed by atoms with Crippen LogP contribution in [0.2, 0.25) is 10.0 Å². The Kier molecular flexibility index (Phi) is 8.99. The summed E-state index contributed by atoms with van der Waals surface area (Å²) in [5, 5.41) is 21.2. The van der Waals surface area contributed by atoms with Crippen LogP contribution in [0.25, 0.3) is 5.76 Å². The molecule has 1 atom stereocenters. The number of anilines is 1. The third kappa shape index (κ3) is 6.28. The Bertz CT molecular complexity index is 1620. The van der Waals surface area contributed by atoms with Gasteiger partial charge < -0.3 is 9.84 Å². The molecule has 1 saturated heterocycles. The van der Waals surface area contributed by atoms with Crippen LogP contribution in [0.15, 0.2) is 76.6 Å². The normalized spacial score (nSPS) is 16.4. The van der Waals surface area contributed by atoms with Crippen molar-refractivity contribution in [3.8, 4) is 5.75 Å². The van der Waals surface area contributed by atoms with Crippen LogP contribution >= 0.6 is 46.3 Å². The maximum absolute atomic E-state index is 13.5. The summed E-state index contributed by atoms with van der Waals surface area (Å²) in [6.07, 6.45) is 0.864. The van der Waals surface area contributed by atoms with Gasteiger partial charge in [-0.05, 0) is 60.9 Å². The highest BCUT2D eigenvalue weighted by molar-refractivity contribution is 8.00. The molecule has 0 saturated carbocycles. The van der Waals surface area contributed by atoms with E-state index in [4.69, 9.17) is 27.9 Å². The molecule has 0 aliphatic carbocycles. The molecule has 1 unspecified atom stereocenters. The van der Waals surface area contributed by atoms with Crippen molar-refractivity contribution in [3.63, 3.8) is 0 Å². The minimum absolute atomic E-state index is 0.0153. The molecule has 1 aliphatic heterocycles. The van der Waals surface area contributed by atoms with Crippen molar-refractivity contribution in [2.75, 3.05) is 11.5 Å². The van der Waals surface area contributed by atoms with Crippen molar-refractivity contribution >= 4 is 68.9 Å². The summed E-state index contributed by atoms with van der Waals surface area (Å²) in [6, 6.07) is 18.7. The lowest BCUT2D eigenvalue weighted by Crippen LogP contribution is -2.29. The van der Waals surface area contributed by atoms with E-state index in [1.54, 1.807) is 36.4 Å². The number of hydrogen-bond acceptors (Lipinski definition) is 8. The first-order valence-electron chi connectivity index (χ1n) is 12.8. The number of rotatable bonds is 9. The number of hydrogen-bond donors (Lipinski definition) is 1. The zero-order valence-electron chi connectivity index (χ0n) is 22.1. The highest BCUT2D eigenvalue weighted by Gasteiger charge is 2.48. The number of ketones is 1. The highest BCUT2D eigenvalue weighted by atomic mass is 35.5. The molecule has 1 aliphatic rings. The van der Waals surface area contributed by atoms with Gasteiger partial charge in [0.15, 0.2) is 4.34 Å². The van der Waals surface area contributed by atoms with E-state index in [0.717, 1.165) is 17.5 Å². The number of ether oxygens (including phenoxy) is 1. The Morgan fingerprint density at radius 1 is 1.05 bits per heavy atom. The van der Waals surface area contributed by atoms with Crippen LogP contribution in [0.5, 0.6) is 5.75 Å². The molecule has 2 heterocycles. The van der Waals surface area contributed by atoms with Gasteiger partial charge in [-0.3, -0.25) is 14.5 Å². The Labute approximate surface area is 255 Å². The summed E-state index contributed by atoms with van der Waals surface area (Å²) in [5.41, 5.74) is 2.94. The molecule has 3 aromatic carbocycles. The van der Waals surface area contributed by atoms with E-state index < -0.39 is 17.7 Å². The van der Waals surface area contributed by atoms with Gasteiger partial charge in [0.05, 0.1) is 18.2 Å². The number of carbonyl (C=O) groups is 2. The molecular formula is C30H25Cl2N3O4S2. The summed E-state index contributed by atoms with van der Waals surface area (Å²) in [4.78, 5) is 28.2. The minimum atomic E-state index is -0.886. The number of halogens is 2. The molecule has 0 bridgehead atoms. The van der Waals surface area contributed by atoms with Gasteiger partial charge in [0, 0.05) is 21.4 Å². The number of thioether (sulfide) groups is 1. The fourth-order valence-electron chi connectivity index (χ4n) is 4.31. The van der Waals surface area contributed by atoms with Gasteiger partial charge >= 0.3 is 5.91 Å². The molecule has 11 heteroatoms. The van der Waals surface area contributed by atoms with Crippen LogP contribution in [0.3, 0.4) is 0 Å². The fourth-order valence-corrected chi connectivity index (χ4v) is 6.74. The Balaban J connectivity index is 1.50. The van der Waals surface area contributed by atoms with E-state index in [-0.39, 0.29) is 16.5 Å². The van der Waals surface area contributed by atoms with Gasteiger partial charge in [-0.2, -0.15) is 0 Å². The number of Topliss-reactive ketones (excluding diaryl/α,β-unsaturated/α-hetero) is 1. The maximum atomic E-state index is 13.5. The van der Waals surface area contributed by atoms with Crippen LogP contribution < -0.4 is 9.64 Å². The van der Waals surface area contributed by atoms with Crippen molar-refractivity contribution in [2.24, 2.45) is 0 Å². The van der Waals surface area contributed by atoms with E-state index in [1.807, 2.05) is 44.2 Å². The maximum Gasteiger partial charge on any atom is 0.301 e. The molecule has 1 fully saturated rings. The zero-order chi connectivity index (χ0) is 29.1. The average Bonchev–Trinajstić information content (AvgIpc) is 3.53. The zero-order valence-corrected chi connectivity index (χ0v) is 25.3. The Morgan fingerprint density at radius 3 is 2.46 bits per heavy atom. The predicted octanol–water partition coefficient (Wildman–Crippen LogP) is 7.86. The van der Waals surface area contributed by atoms with Crippen LogP contribution in [0.1, 0.15) is 41.6 Å². The van der Waals surface area contributed by atoms with Gasteiger partial charge in [-0.1, -0.05) is 89.1 Å². The van der Waals surface area contributed by atoms with Gasteiger partial charge in [-0.25, -0.2) is 0 Å².